The maximum absolute atomic E-state index is 5.72. The van der Waals surface area contributed by atoms with Gasteiger partial charge in [0.2, 0.25) is 0 Å². The van der Waals surface area contributed by atoms with E-state index in [0.717, 1.165) is 25.1 Å². The summed E-state index contributed by atoms with van der Waals surface area (Å²) in [5, 5.41) is 6.99. The predicted octanol–water partition coefficient (Wildman–Crippen LogP) is 3.35. The summed E-state index contributed by atoms with van der Waals surface area (Å²) >= 11 is 0. The Morgan fingerprint density at radius 2 is 1.87 bits per heavy atom. The first kappa shape index (κ1) is 15.6. The van der Waals surface area contributed by atoms with Gasteiger partial charge in [-0.25, -0.2) is 0 Å². The van der Waals surface area contributed by atoms with Crippen molar-refractivity contribution in [1.29, 1.82) is 0 Å². The van der Waals surface area contributed by atoms with Gasteiger partial charge in [0.1, 0.15) is 5.75 Å². The molecule has 0 spiro atoms. The average Bonchev–Trinajstić information content (AvgIpc) is 2.98. The van der Waals surface area contributed by atoms with E-state index in [4.69, 9.17) is 15.6 Å². The molecule has 0 saturated heterocycles. The largest absolute Gasteiger partial charge is 0.496 e. The summed E-state index contributed by atoms with van der Waals surface area (Å²) in [7, 11) is 1.72. The van der Waals surface area contributed by atoms with Crippen molar-refractivity contribution in [2.45, 2.75) is 25.4 Å². The topological polar surface area (TPSA) is 50.9 Å². The summed E-state index contributed by atoms with van der Waals surface area (Å²) in [5.41, 5.74) is 9.33. The van der Waals surface area contributed by atoms with Crippen LogP contribution in [0.4, 0.5) is 0 Å². The van der Waals surface area contributed by atoms with Gasteiger partial charge in [0.15, 0.2) is 0 Å². The second kappa shape index (κ2) is 7.29. The van der Waals surface area contributed by atoms with Gasteiger partial charge in [0.05, 0.1) is 19.7 Å². The Hall–Kier alpha value is -2.33. The van der Waals surface area contributed by atoms with Crippen LogP contribution in [0.5, 0.6) is 5.75 Å². The Labute approximate surface area is 137 Å². The molecular formula is C19H23N3O. The van der Waals surface area contributed by atoms with E-state index in [2.05, 4.69) is 41.4 Å². The van der Waals surface area contributed by atoms with Crippen molar-refractivity contribution in [3.05, 3.63) is 65.7 Å². The first-order chi connectivity index (χ1) is 11.3. The number of rotatable bonds is 6. The monoisotopic (exact) mass is 309 g/mol. The smallest absolute Gasteiger partial charge is 0.124 e. The molecule has 0 bridgehead atoms. The quantitative estimate of drug-likeness (QED) is 0.890. The summed E-state index contributed by atoms with van der Waals surface area (Å²) in [4.78, 5) is 0. The summed E-state index contributed by atoms with van der Waals surface area (Å²) in [6.45, 7) is 1.42. The molecule has 4 nitrogen and oxygen atoms in total. The van der Waals surface area contributed by atoms with Gasteiger partial charge in [-0.1, -0.05) is 48.5 Å². The minimum Gasteiger partial charge on any atom is -0.496 e. The number of nitrogens with zero attached hydrogens (tertiary/aromatic N) is 2. The number of hydrogen-bond acceptors (Lipinski definition) is 4. The molecule has 3 rings (SSSR count). The fourth-order valence-electron chi connectivity index (χ4n) is 3.07. The number of hydrazone groups is 1. The highest BCUT2D eigenvalue weighted by Gasteiger charge is 2.29. The third kappa shape index (κ3) is 3.54. The standard InChI is InChI=1S/C19H23N3O/c1-23-19-10-6-5-9-17(19)18-13-16(11-12-20)21-22(18)14-15-7-3-2-4-8-15/h2-10,18H,11-14,20H2,1H3. The number of ether oxygens (including phenoxy) is 1. The van der Waals surface area contributed by atoms with Gasteiger partial charge in [-0.3, -0.25) is 5.01 Å². The molecule has 1 atom stereocenters. The molecule has 2 N–H and O–H groups in total. The molecule has 23 heavy (non-hydrogen) atoms. The second-order valence-corrected chi connectivity index (χ2v) is 5.75. The molecule has 1 aliphatic heterocycles. The van der Waals surface area contributed by atoms with Crippen molar-refractivity contribution in [2.24, 2.45) is 10.8 Å². The molecule has 0 fully saturated rings. The van der Waals surface area contributed by atoms with E-state index in [9.17, 15) is 0 Å². The number of hydrogen-bond donors (Lipinski definition) is 1. The summed E-state index contributed by atoms with van der Waals surface area (Å²) in [6, 6.07) is 18.8. The molecule has 0 aliphatic carbocycles. The number of nitrogens with two attached hydrogens (primary N) is 1. The van der Waals surface area contributed by atoms with Gasteiger partial charge in [0.25, 0.3) is 0 Å². The zero-order valence-corrected chi connectivity index (χ0v) is 13.5. The van der Waals surface area contributed by atoms with Crippen LogP contribution in [0, 0.1) is 0 Å². The van der Waals surface area contributed by atoms with Crippen molar-refractivity contribution in [3.8, 4) is 5.75 Å². The van der Waals surface area contributed by atoms with Crippen LogP contribution in [-0.2, 0) is 6.54 Å². The Kier molecular flexibility index (Phi) is 4.93. The number of para-hydroxylation sites is 1. The predicted molar refractivity (Wildman–Crippen MR) is 93.4 cm³/mol. The van der Waals surface area contributed by atoms with Crippen molar-refractivity contribution < 1.29 is 4.74 Å². The fourth-order valence-corrected chi connectivity index (χ4v) is 3.07. The highest BCUT2D eigenvalue weighted by molar-refractivity contribution is 5.86. The highest BCUT2D eigenvalue weighted by Crippen LogP contribution is 2.37. The molecule has 1 unspecified atom stereocenters. The lowest BCUT2D eigenvalue weighted by Gasteiger charge is -2.25. The van der Waals surface area contributed by atoms with Gasteiger partial charge < -0.3 is 10.5 Å². The van der Waals surface area contributed by atoms with Gasteiger partial charge in [-0.15, -0.1) is 0 Å². The maximum atomic E-state index is 5.72. The van der Waals surface area contributed by atoms with Gasteiger partial charge in [-0.2, -0.15) is 5.10 Å². The van der Waals surface area contributed by atoms with Crippen molar-refractivity contribution in [3.63, 3.8) is 0 Å². The van der Waals surface area contributed by atoms with Crippen LogP contribution in [-0.4, -0.2) is 24.4 Å². The van der Waals surface area contributed by atoms with E-state index in [1.54, 1.807) is 7.11 Å². The van der Waals surface area contributed by atoms with E-state index in [1.807, 2.05) is 18.2 Å². The first-order valence-electron chi connectivity index (χ1n) is 8.01. The average molecular weight is 309 g/mol. The molecule has 0 radical (unpaired) electrons. The number of benzene rings is 2. The van der Waals surface area contributed by atoms with E-state index >= 15 is 0 Å². The molecule has 2 aromatic rings. The lowest BCUT2D eigenvalue weighted by Crippen LogP contribution is -2.19. The second-order valence-electron chi connectivity index (χ2n) is 5.75. The van der Waals surface area contributed by atoms with Crippen LogP contribution in [0.2, 0.25) is 0 Å². The van der Waals surface area contributed by atoms with E-state index in [1.165, 1.54) is 16.8 Å². The van der Waals surface area contributed by atoms with Gasteiger partial charge >= 0.3 is 0 Å². The van der Waals surface area contributed by atoms with Gasteiger partial charge in [-0.05, 0) is 24.6 Å². The molecule has 120 valence electrons. The zero-order valence-electron chi connectivity index (χ0n) is 13.5. The Morgan fingerprint density at radius 1 is 1.13 bits per heavy atom. The molecule has 0 amide bonds. The summed E-state index contributed by atoms with van der Waals surface area (Å²) in [6.07, 6.45) is 1.75. The first-order valence-corrected chi connectivity index (χ1v) is 8.01. The van der Waals surface area contributed by atoms with Gasteiger partial charge in [0, 0.05) is 17.7 Å². The summed E-state index contributed by atoms with van der Waals surface area (Å²) in [5.74, 6) is 0.916. The van der Waals surface area contributed by atoms with E-state index in [0.29, 0.717) is 6.54 Å². The van der Waals surface area contributed by atoms with E-state index < -0.39 is 0 Å². The Bertz CT molecular complexity index is 669. The third-order valence-corrected chi connectivity index (χ3v) is 4.18. The lowest BCUT2D eigenvalue weighted by atomic mass is 9.99. The van der Waals surface area contributed by atoms with Crippen LogP contribution in [0.1, 0.15) is 30.0 Å². The Balaban J connectivity index is 1.88. The van der Waals surface area contributed by atoms with Crippen LogP contribution < -0.4 is 10.5 Å². The van der Waals surface area contributed by atoms with Crippen molar-refractivity contribution in [1.82, 2.24) is 5.01 Å². The minimum absolute atomic E-state index is 0.202. The van der Waals surface area contributed by atoms with Crippen LogP contribution >= 0.6 is 0 Å². The van der Waals surface area contributed by atoms with Crippen LogP contribution in [0.25, 0.3) is 0 Å². The lowest BCUT2D eigenvalue weighted by molar-refractivity contribution is 0.219. The number of methoxy groups -OCH3 is 1. The molecule has 1 heterocycles. The zero-order chi connectivity index (χ0) is 16.1. The van der Waals surface area contributed by atoms with Crippen LogP contribution in [0.15, 0.2) is 59.7 Å². The normalized spacial score (nSPS) is 17.2. The highest BCUT2D eigenvalue weighted by atomic mass is 16.5. The van der Waals surface area contributed by atoms with Crippen molar-refractivity contribution in [2.75, 3.05) is 13.7 Å². The fraction of sp³-hybridized carbons (Fsp3) is 0.316. The summed E-state index contributed by atoms with van der Waals surface area (Å²) < 4.78 is 5.55. The molecule has 0 aromatic heterocycles. The van der Waals surface area contributed by atoms with Crippen molar-refractivity contribution >= 4 is 5.71 Å². The Morgan fingerprint density at radius 3 is 2.61 bits per heavy atom. The minimum atomic E-state index is 0.202. The maximum Gasteiger partial charge on any atom is 0.124 e. The third-order valence-electron chi connectivity index (χ3n) is 4.18. The molecule has 4 heteroatoms. The van der Waals surface area contributed by atoms with E-state index in [-0.39, 0.29) is 6.04 Å². The SMILES string of the molecule is COc1ccccc1C1CC(CCN)=NN1Cc1ccccc1. The molecule has 1 aliphatic rings. The molecule has 2 aromatic carbocycles. The molecule has 0 saturated carbocycles. The molecular weight excluding hydrogens is 286 g/mol. The van der Waals surface area contributed by atoms with Crippen LogP contribution in [0.3, 0.4) is 0 Å².